The first-order chi connectivity index (χ1) is 21.5. The Balaban J connectivity index is 1.59. The first-order valence-electron chi connectivity index (χ1n) is 15.4. The Bertz CT molecular complexity index is 1780. The lowest BCUT2D eigenvalue weighted by Crippen LogP contribution is -2.34. The van der Waals surface area contributed by atoms with Gasteiger partial charge >= 0.3 is 5.97 Å². The molecule has 45 heavy (non-hydrogen) atoms. The van der Waals surface area contributed by atoms with Crippen LogP contribution in [-0.4, -0.2) is 56.9 Å². The summed E-state index contributed by atoms with van der Waals surface area (Å²) >= 11 is 7.27. The molecule has 0 aliphatic carbocycles. The molecule has 0 radical (unpaired) electrons. The Hall–Kier alpha value is -4.15. The minimum absolute atomic E-state index is 0.154. The SMILES string of the molecule is Cc1nc2cc3nn2c(c1[C@H](OC(C)(C)C)C(=O)O)-c1ccc2c(c1Cl)N(CCCCCc1ccccc1CNC3=O)CCO2. The number of ether oxygens (including phenoxy) is 2. The third kappa shape index (κ3) is 6.21. The fraction of sp³-hybridized carbons (Fsp3) is 0.412. The average Bonchev–Trinajstić information content (AvgIpc) is 3.42. The van der Waals surface area contributed by atoms with Crippen LogP contribution in [0.25, 0.3) is 16.9 Å². The number of amides is 1. The number of hydrogen-bond donors (Lipinski definition) is 2. The number of anilines is 1. The molecule has 11 heteroatoms. The van der Waals surface area contributed by atoms with Crippen LogP contribution in [-0.2, 0) is 22.5 Å². The summed E-state index contributed by atoms with van der Waals surface area (Å²) in [6.45, 7) is 9.51. The number of carbonyl (C=O) groups excluding carboxylic acids is 1. The Morgan fingerprint density at radius 2 is 1.89 bits per heavy atom. The van der Waals surface area contributed by atoms with Gasteiger partial charge in [-0.15, -0.1) is 0 Å². The van der Waals surface area contributed by atoms with Crippen molar-refractivity contribution in [3.63, 3.8) is 0 Å². The quantitative estimate of drug-likeness (QED) is 0.276. The summed E-state index contributed by atoms with van der Waals surface area (Å²) in [7, 11) is 0. The number of rotatable bonds is 3. The number of carbonyl (C=O) groups is 2. The summed E-state index contributed by atoms with van der Waals surface area (Å²) < 4.78 is 13.7. The first-order valence-corrected chi connectivity index (χ1v) is 15.8. The number of hydrogen-bond acceptors (Lipinski definition) is 7. The van der Waals surface area contributed by atoms with Gasteiger partial charge in [-0.25, -0.2) is 14.3 Å². The minimum Gasteiger partial charge on any atom is -0.490 e. The topological polar surface area (TPSA) is 118 Å². The van der Waals surface area contributed by atoms with Gasteiger partial charge in [0.15, 0.2) is 17.4 Å². The van der Waals surface area contributed by atoms with E-state index in [1.165, 1.54) is 10.1 Å². The molecular formula is C34H38ClN5O5. The second kappa shape index (κ2) is 12.3. The van der Waals surface area contributed by atoms with Gasteiger partial charge in [-0.05, 0) is 70.2 Å². The molecule has 6 rings (SSSR count). The smallest absolute Gasteiger partial charge is 0.337 e. The highest BCUT2D eigenvalue weighted by Gasteiger charge is 2.35. The number of aryl methyl sites for hydroxylation is 2. The van der Waals surface area contributed by atoms with Gasteiger partial charge in [0.2, 0.25) is 0 Å². The van der Waals surface area contributed by atoms with E-state index >= 15 is 0 Å². The van der Waals surface area contributed by atoms with Crippen molar-refractivity contribution in [3.8, 4) is 17.0 Å². The van der Waals surface area contributed by atoms with Crippen molar-refractivity contribution in [2.75, 3.05) is 24.6 Å². The summed E-state index contributed by atoms with van der Waals surface area (Å²) in [6, 6.07) is 13.4. The average molecular weight is 632 g/mol. The van der Waals surface area contributed by atoms with E-state index in [1.54, 1.807) is 33.8 Å². The lowest BCUT2D eigenvalue weighted by molar-refractivity contribution is -0.160. The Morgan fingerprint density at radius 1 is 1.11 bits per heavy atom. The summed E-state index contributed by atoms with van der Waals surface area (Å²) in [6.07, 6.45) is 2.54. The third-order valence-corrected chi connectivity index (χ3v) is 8.60. The second-order valence-electron chi connectivity index (χ2n) is 12.6. The van der Waals surface area contributed by atoms with Gasteiger partial charge in [-0.2, -0.15) is 5.10 Å². The molecule has 2 aliphatic heterocycles. The summed E-state index contributed by atoms with van der Waals surface area (Å²) in [5.74, 6) is -0.866. The van der Waals surface area contributed by atoms with E-state index in [4.69, 9.17) is 31.2 Å². The van der Waals surface area contributed by atoms with Gasteiger partial charge in [0.25, 0.3) is 5.91 Å². The molecular weight excluding hydrogens is 594 g/mol. The van der Waals surface area contributed by atoms with E-state index in [0.717, 1.165) is 43.5 Å². The number of fused-ring (bicyclic) bond motifs is 4. The predicted octanol–water partition coefficient (Wildman–Crippen LogP) is 6.15. The monoisotopic (exact) mass is 631 g/mol. The number of aliphatic carboxylic acids is 1. The largest absolute Gasteiger partial charge is 0.490 e. The van der Waals surface area contributed by atoms with E-state index in [-0.39, 0.29) is 11.6 Å². The van der Waals surface area contributed by atoms with Gasteiger partial charge < -0.3 is 24.8 Å². The van der Waals surface area contributed by atoms with Crippen LogP contribution in [0.1, 0.15) is 79.0 Å². The molecule has 2 N–H and O–H groups in total. The van der Waals surface area contributed by atoms with E-state index < -0.39 is 17.7 Å². The van der Waals surface area contributed by atoms with Crippen LogP contribution in [0.15, 0.2) is 42.5 Å². The van der Waals surface area contributed by atoms with Crippen LogP contribution >= 0.6 is 11.6 Å². The number of aromatic nitrogens is 3. The van der Waals surface area contributed by atoms with Gasteiger partial charge in [0, 0.05) is 36.0 Å². The zero-order chi connectivity index (χ0) is 31.9. The molecule has 236 valence electrons. The predicted molar refractivity (Wildman–Crippen MR) is 172 cm³/mol. The molecule has 1 atom stereocenters. The molecule has 0 unspecified atom stereocenters. The van der Waals surface area contributed by atoms with Gasteiger partial charge in [0.05, 0.1) is 28.5 Å². The highest BCUT2D eigenvalue weighted by molar-refractivity contribution is 6.36. The molecule has 1 amide bonds. The van der Waals surface area contributed by atoms with Crippen molar-refractivity contribution in [2.45, 2.75) is 71.6 Å². The maximum absolute atomic E-state index is 13.5. The van der Waals surface area contributed by atoms with Crippen LogP contribution < -0.4 is 15.0 Å². The maximum Gasteiger partial charge on any atom is 0.337 e. The van der Waals surface area contributed by atoms with Crippen LogP contribution in [0.3, 0.4) is 0 Å². The van der Waals surface area contributed by atoms with Crippen LogP contribution in [0.2, 0.25) is 5.02 Å². The van der Waals surface area contributed by atoms with Crippen molar-refractivity contribution < 1.29 is 24.2 Å². The highest BCUT2D eigenvalue weighted by Crippen LogP contribution is 2.46. The van der Waals surface area contributed by atoms with E-state index in [2.05, 4.69) is 16.3 Å². The maximum atomic E-state index is 13.5. The van der Waals surface area contributed by atoms with Crippen molar-refractivity contribution in [2.24, 2.45) is 0 Å². The zero-order valence-electron chi connectivity index (χ0n) is 26.0. The Labute approximate surface area is 267 Å². The van der Waals surface area contributed by atoms with Crippen molar-refractivity contribution in [1.82, 2.24) is 19.9 Å². The highest BCUT2D eigenvalue weighted by atomic mass is 35.5. The van der Waals surface area contributed by atoms with Crippen molar-refractivity contribution >= 4 is 34.8 Å². The standard InChI is InChI=1S/C34H38ClN5O5/c1-20-27(31(33(42)43)45-34(2,3)4)29-23-13-14-25-30(28(23)35)39(16-17-44-25)15-9-5-6-10-21-11-7-8-12-22(21)19-36-32(41)24-18-26(37-20)40(29)38-24/h7-8,11-14,18,31H,5-6,9-10,15-17,19H2,1-4H3,(H,36,41)(H,42,43)/t31-/m0/s1. The summed E-state index contributed by atoms with van der Waals surface area (Å²) in [5, 5.41) is 18.6. The number of carboxylic acids is 1. The molecule has 2 aromatic heterocycles. The minimum atomic E-state index is -1.38. The number of carboxylic acid groups (broad SMARTS) is 1. The van der Waals surface area contributed by atoms with E-state index in [9.17, 15) is 14.7 Å². The van der Waals surface area contributed by atoms with E-state index in [1.807, 2.05) is 30.3 Å². The van der Waals surface area contributed by atoms with Gasteiger partial charge in [-0.3, -0.25) is 4.79 Å². The molecule has 4 bridgehead atoms. The summed E-state index contributed by atoms with van der Waals surface area (Å²) in [4.78, 5) is 33.2. The van der Waals surface area contributed by atoms with Crippen molar-refractivity contribution in [3.05, 3.63) is 75.6 Å². The first kappa shape index (κ1) is 30.9. The Kier molecular flexibility index (Phi) is 8.45. The van der Waals surface area contributed by atoms with E-state index in [0.29, 0.717) is 58.6 Å². The molecule has 10 nitrogen and oxygen atoms in total. The number of nitrogens with one attached hydrogen (secondary N) is 1. The molecule has 2 aromatic carbocycles. The molecule has 4 aromatic rings. The second-order valence-corrected chi connectivity index (χ2v) is 13.0. The molecule has 4 heterocycles. The lowest BCUT2D eigenvalue weighted by atomic mass is 9.97. The molecule has 0 saturated heterocycles. The molecule has 0 saturated carbocycles. The zero-order valence-corrected chi connectivity index (χ0v) is 26.8. The number of nitrogens with zero attached hydrogens (tertiary/aromatic N) is 4. The molecule has 0 spiro atoms. The normalized spacial score (nSPS) is 16.4. The number of benzene rings is 2. The lowest BCUT2D eigenvalue weighted by Gasteiger charge is -2.33. The third-order valence-electron chi connectivity index (χ3n) is 8.22. The van der Waals surface area contributed by atoms with Crippen molar-refractivity contribution in [1.29, 1.82) is 0 Å². The molecule has 0 fully saturated rings. The van der Waals surface area contributed by atoms with Crippen LogP contribution in [0, 0.1) is 6.92 Å². The van der Waals surface area contributed by atoms with Gasteiger partial charge in [-0.1, -0.05) is 42.3 Å². The van der Waals surface area contributed by atoms with Crippen LogP contribution in [0.4, 0.5) is 5.69 Å². The summed E-state index contributed by atoms with van der Waals surface area (Å²) in [5.41, 5.74) is 4.48. The molecule has 2 aliphatic rings. The number of halogens is 1. The Morgan fingerprint density at radius 3 is 2.64 bits per heavy atom. The van der Waals surface area contributed by atoms with Crippen LogP contribution in [0.5, 0.6) is 5.75 Å². The fourth-order valence-corrected chi connectivity index (χ4v) is 6.55. The fourth-order valence-electron chi connectivity index (χ4n) is 6.18. The van der Waals surface area contributed by atoms with Gasteiger partial charge in [0.1, 0.15) is 12.4 Å².